The average Bonchev–Trinajstić information content (AvgIpc) is 2.97. The van der Waals surface area contributed by atoms with E-state index in [1.807, 2.05) is 0 Å². The molecule has 0 bridgehead atoms. The van der Waals surface area contributed by atoms with Gasteiger partial charge in [0.15, 0.2) is 22.6 Å². The predicted octanol–water partition coefficient (Wildman–Crippen LogP) is 2.55. The molecule has 1 aromatic rings. The van der Waals surface area contributed by atoms with Crippen LogP contribution in [0.1, 0.15) is 12.8 Å². The highest BCUT2D eigenvalue weighted by Crippen LogP contribution is 2.20. The van der Waals surface area contributed by atoms with Crippen molar-refractivity contribution in [1.29, 1.82) is 0 Å². The van der Waals surface area contributed by atoms with Crippen LogP contribution in [0.5, 0.6) is 0 Å². The molecule has 0 aliphatic heterocycles. The van der Waals surface area contributed by atoms with E-state index < -0.39 is 17.5 Å². The Morgan fingerprint density at radius 3 is 2.25 bits per heavy atom. The summed E-state index contributed by atoms with van der Waals surface area (Å²) in [4.78, 5) is 0. The molecule has 0 amide bonds. The Kier molecular flexibility index (Phi) is 3.00. The van der Waals surface area contributed by atoms with Crippen LogP contribution in [0.2, 0.25) is 0 Å². The van der Waals surface area contributed by atoms with Crippen LogP contribution in [0, 0.1) is 17.5 Å². The zero-order valence-electron chi connectivity index (χ0n) is 8.19. The first-order valence-corrected chi connectivity index (χ1v) is 5.19. The van der Waals surface area contributed by atoms with Gasteiger partial charge in [-0.1, -0.05) is 0 Å². The Balaban J connectivity index is 2.05. The summed E-state index contributed by atoms with van der Waals surface area (Å²) >= 11 is 4.91. The maximum atomic E-state index is 12.8. The fourth-order valence-electron chi connectivity index (χ4n) is 1.21. The molecule has 0 spiro atoms. The highest BCUT2D eigenvalue weighted by atomic mass is 32.1. The van der Waals surface area contributed by atoms with Crippen LogP contribution in [0.25, 0.3) is 0 Å². The number of benzene rings is 1. The largest absolute Gasteiger partial charge is 0.360 e. The minimum atomic E-state index is -1.48. The molecule has 2 nitrogen and oxygen atoms in total. The molecule has 2 rings (SSSR count). The van der Waals surface area contributed by atoms with E-state index in [1.54, 1.807) is 0 Å². The lowest BCUT2D eigenvalue weighted by Gasteiger charge is -2.09. The van der Waals surface area contributed by atoms with E-state index in [2.05, 4.69) is 10.6 Å². The lowest BCUT2D eigenvalue weighted by Crippen LogP contribution is -2.30. The van der Waals surface area contributed by atoms with Gasteiger partial charge in [0.25, 0.3) is 0 Å². The van der Waals surface area contributed by atoms with Crippen LogP contribution in [0.15, 0.2) is 12.1 Å². The summed E-state index contributed by atoms with van der Waals surface area (Å²) in [5, 5.41) is 5.82. The first-order chi connectivity index (χ1) is 7.56. The molecule has 0 aromatic heterocycles. The van der Waals surface area contributed by atoms with Gasteiger partial charge in [-0.3, -0.25) is 0 Å². The van der Waals surface area contributed by atoms with E-state index in [0.717, 1.165) is 25.0 Å². The molecule has 1 aliphatic carbocycles. The lowest BCUT2D eigenvalue weighted by molar-refractivity contribution is 0.448. The van der Waals surface area contributed by atoms with Crippen LogP contribution in [-0.4, -0.2) is 11.2 Å². The lowest BCUT2D eigenvalue weighted by atomic mass is 10.3. The van der Waals surface area contributed by atoms with Crippen molar-refractivity contribution in [2.24, 2.45) is 0 Å². The van der Waals surface area contributed by atoms with Crippen molar-refractivity contribution in [3.63, 3.8) is 0 Å². The summed E-state index contributed by atoms with van der Waals surface area (Å²) in [7, 11) is 0. The third kappa shape index (κ3) is 2.63. The van der Waals surface area contributed by atoms with Crippen molar-refractivity contribution in [2.45, 2.75) is 18.9 Å². The first-order valence-electron chi connectivity index (χ1n) is 4.78. The molecule has 0 atom stereocenters. The summed E-state index contributed by atoms with van der Waals surface area (Å²) in [6.45, 7) is 0. The second kappa shape index (κ2) is 4.29. The molecule has 0 saturated heterocycles. The van der Waals surface area contributed by atoms with E-state index in [0.29, 0.717) is 6.04 Å². The number of anilines is 1. The van der Waals surface area contributed by atoms with E-state index in [-0.39, 0.29) is 10.8 Å². The molecular weight excluding hydrogens is 237 g/mol. The molecule has 2 N–H and O–H groups in total. The quantitative estimate of drug-likeness (QED) is 0.619. The predicted molar refractivity (Wildman–Crippen MR) is 58.7 cm³/mol. The zero-order valence-corrected chi connectivity index (χ0v) is 9.00. The van der Waals surface area contributed by atoms with Crippen molar-refractivity contribution in [3.05, 3.63) is 29.6 Å². The van der Waals surface area contributed by atoms with Crippen molar-refractivity contribution in [1.82, 2.24) is 5.32 Å². The van der Waals surface area contributed by atoms with Gasteiger partial charge in [-0.05, 0) is 25.1 Å². The van der Waals surface area contributed by atoms with Gasteiger partial charge in [0.1, 0.15) is 0 Å². The summed E-state index contributed by atoms with van der Waals surface area (Å²) in [5.74, 6) is -3.96. The number of hydrogen-bond acceptors (Lipinski definition) is 1. The number of nitrogens with one attached hydrogen (secondary N) is 2. The highest BCUT2D eigenvalue weighted by molar-refractivity contribution is 7.80. The van der Waals surface area contributed by atoms with Gasteiger partial charge in [0, 0.05) is 23.9 Å². The average molecular weight is 246 g/mol. The van der Waals surface area contributed by atoms with Gasteiger partial charge < -0.3 is 10.6 Å². The van der Waals surface area contributed by atoms with Crippen LogP contribution in [0.3, 0.4) is 0 Å². The van der Waals surface area contributed by atoms with Gasteiger partial charge in [0.05, 0.1) is 0 Å². The third-order valence-corrected chi connectivity index (χ3v) is 2.37. The number of hydrogen-bond donors (Lipinski definition) is 2. The molecule has 1 fully saturated rings. The minimum absolute atomic E-state index is 0.0922. The monoisotopic (exact) mass is 246 g/mol. The van der Waals surface area contributed by atoms with E-state index in [4.69, 9.17) is 12.2 Å². The van der Waals surface area contributed by atoms with Crippen molar-refractivity contribution >= 4 is 23.0 Å². The van der Waals surface area contributed by atoms with E-state index >= 15 is 0 Å². The maximum Gasteiger partial charge on any atom is 0.194 e. The molecule has 6 heteroatoms. The Morgan fingerprint density at radius 1 is 1.19 bits per heavy atom. The summed E-state index contributed by atoms with van der Waals surface area (Å²) in [6.07, 6.45) is 2.07. The zero-order chi connectivity index (χ0) is 11.7. The summed E-state index contributed by atoms with van der Waals surface area (Å²) in [5.41, 5.74) is 0.0922. The van der Waals surface area contributed by atoms with Gasteiger partial charge in [0.2, 0.25) is 0 Å². The van der Waals surface area contributed by atoms with Crippen molar-refractivity contribution in [3.8, 4) is 0 Å². The highest BCUT2D eigenvalue weighted by Gasteiger charge is 2.22. The van der Waals surface area contributed by atoms with E-state index in [1.165, 1.54) is 0 Å². The fraction of sp³-hybridized carbons (Fsp3) is 0.300. The smallest absolute Gasteiger partial charge is 0.194 e. The molecule has 1 aromatic carbocycles. The fourth-order valence-corrected chi connectivity index (χ4v) is 1.49. The molecule has 0 unspecified atom stereocenters. The summed E-state index contributed by atoms with van der Waals surface area (Å²) in [6, 6.07) is 2.06. The molecule has 16 heavy (non-hydrogen) atoms. The number of halogens is 3. The van der Waals surface area contributed by atoms with Gasteiger partial charge in [-0.25, -0.2) is 13.2 Å². The van der Waals surface area contributed by atoms with Crippen LogP contribution in [-0.2, 0) is 0 Å². The molecule has 1 aliphatic rings. The van der Waals surface area contributed by atoms with E-state index in [9.17, 15) is 13.2 Å². The molecule has 0 radical (unpaired) electrons. The van der Waals surface area contributed by atoms with Crippen molar-refractivity contribution in [2.75, 3.05) is 5.32 Å². The third-order valence-electron chi connectivity index (χ3n) is 2.15. The minimum Gasteiger partial charge on any atom is -0.360 e. The van der Waals surface area contributed by atoms with Crippen LogP contribution >= 0.6 is 12.2 Å². The number of thiocarbonyl (C=S) groups is 1. The Hall–Kier alpha value is -1.30. The van der Waals surface area contributed by atoms with Crippen LogP contribution < -0.4 is 10.6 Å². The molecule has 86 valence electrons. The maximum absolute atomic E-state index is 12.8. The molecule has 0 heterocycles. The van der Waals surface area contributed by atoms with Crippen molar-refractivity contribution < 1.29 is 13.2 Å². The second-order valence-corrected chi connectivity index (χ2v) is 4.03. The van der Waals surface area contributed by atoms with Gasteiger partial charge in [-0.15, -0.1) is 0 Å². The topological polar surface area (TPSA) is 24.1 Å². The Labute approximate surface area is 95.8 Å². The van der Waals surface area contributed by atoms with Crippen LogP contribution in [0.4, 0.5) is 18.9 Å². The standard InChI is InChI=1S/C10H9F3N2S/c11-7-3-6(4-8(12)9(7)13)15-10(16)14-5-1-2-5/h3-5H,1-2H2,(H2,14,15,16). The van der Waals surface area contributed by atoms with Gasteiger partial charge >= 0.3 is 0 Å². The molecular formula is C10H9F3N2S. The Morgan fingerprint density at radius 2 is 1.75 bits per heavy atom. The van der Waals surface area contributed by atoms with Gasteiger partial charge in [-0.2, -0.15) is 0 Å². The molecule has 1 saturated carbocycles. The Bertz CT molecular complexity index is 409. The number of rotatable bonds is 2. The second-order valence-electron chi connectivity index (χ2n) is 3.63. The summed E-state index contributed by atoms with van der Waals surface area (Å²) < 4.78 is 38.3. The SMILES string of the molecule is Fc1cc(NC(=S)NC2CC2)cc(F)c1F. The first kappa shape index (κ1) is 11.2. The normalized spacial score (nSPS) is 14.7.